The SMILES string of the molecule is COC(=O)c1cc(CN(C)Cc2ccccc2)oc1C. The van der Waals surface area contributed by atoms with Crippen LogP contribution < -0.4 is 0 Å². The highest BCUT2D eigenvalue weighted by atomic mass is 16.5. The first-order chi connectivity index (χ1) is 9.60. The first-order valence-corrected chi connectivity index (χ1v) is 6.50. The van der Waals surface area contributed by atoms with Crippen LogP contribution in [-0.2, 0) is 17.8 Å². The van der Waals surface area contributed by atoms with Crippen LogP contribution in [0.5, 0.6) is 0 Å². The number of carbonyl (C=O) groups is 1. The molecule has 2 aromatic rings. The van der Waals surface area contributed by atoms with Crippen molar-refractivity contribution < 1.29 is 13.9 Å². The van der Waals surface area contributed by atoms with Gasteiger partial charge in [0.15, 0.2) is 0 Å². The van der Waals surface area contributed by atoms with Crippen molar-refractivity contribution in [1.82, 2.24) is 4.90 Å². The summed E-state index contributed by atoms with van der Waals surface area (Å²) in [6, 6.07) is 12.0. The van der Waals surface area contributed by atoms with Crippen LogP contribution in [0.15, 0.2) is 40.8 Å². The topological polar surface area (TPSA) is 42.7 Å². The van der Waals surface area contributed by atoms with E-state index in [1.807, 2.05) is 25.2 Å². The Labute approximate surface area is 119 Å². The van der Waals surface area contributed by atoms with E-state index >= 15 is 0 Å². The molecule has 0 N–H and O–H groups in total. The molecule has 0 saturated heterocycles. The molecule has 0 atom stereocenters. The molecule has 1 aromatic carbocycles. The van der Waals surface area contributed by atoms with Gasteiger partial charge in [-0.1, -0.05) is 30.3 Å². The first-order valence-electron chi connectivity index (χ1n) is 6.50. The van der Waals surface area contributed by atoms with E-state index in [1.165, 1.54) is 12.7 Å². The number of carbonyl (C=O) groups excluding carboxylic acids is 1. The molecule has 4 heteroatoms. The number of methoxy groups -OCH3 is 1. The Morgan fingerprint density at radius 3 is 2.60 bits per heavy atom. The Hall–Kier alpha value is -2.07. The minimum Gasteiger partial charge on any atom is -0.465 e. The Bertz CT molecular complexity index is 575. The maximum Gasteiger partial charge on any atom is 0.341 e. The largest absolute Gasteiger partial charge is 0.465 e. The van der Waals surface area contributed by atoms with Crippen molar-refractivity contribution in [2.75, 3.05) is 14.2 Å². The number of hydrogen-bond donors (Lipinski definition) is 0. The third kappa shape index (κ3) is 3.48. The summed E-state index contributed by atoms with van der Waals surface area (Å²) in [7, 11) is 3.39. The summed E-state index contributed by atoms with van der Waals surface area (Å²) in [6.45, 7) is 3.24. The molecule has 0 unspecified atom stereocenters. The summed E-state index contributed by atoms with van der Waals surface area (Å²) < 4.78 is 10.3. The Balaban J connectivity index is 2.01. The highest BCUT2D eigenvalue weighted by Gasteiger charge is 2.16. The predicted octanol–water partition coefficient (Wildman–Crippen LogP) is 3.01. The van der Waals surface area contributed by atoms with E-state index in [9.17, 15) is 4.79 Å². The fourth-order valence-electron chi connectivity index (χ4n) is 2.15. The smallest absolute Gasteiger partial charge is 0.341 e. The van der Waals surface area contributed by atoms with Crippen molar-refractivity contribution in [1.29, 1.82) is 0 Å². The van der Waals surface area contributed by atoms with Gasteiger partial charge in [-0.3, -0.25) is 4.90 Å². The molecule has 106 valence electrons. The average Bonchev–Trinajstić information content (AvgIpc) is 2.79. The van der Waals surface area contributed by atoms with Crippen LogP contribution >= 0.6 is 0 Å². The fraction of sp³-hybridized carbons (Fsp3) is 0.312. The lowest BCUT2D eigenvalue weighted by molar-refractivity contribution is 0.0599. The van der Waals surface area contributed by atoms with Crippen LogP contribution in [0.1, 0.15) is 27.4 Å². The zero-order valence-electron chi connectivity index (χ0n) is 12.1. The standard InChI is InChI=1S/C16H19NO3/c1-12-15(16(18)19-3)9-14(20-12)11-17(2)10-13-7-5-4-6-8-13/h4-9H,10-11H2,1-3H3. The molecule has 4 nitrogen and oxygen atoms in total. The number of rotatable bonds is 5. The van der Waals surface area contributed by atoms with Gasteiger partial charge in [-0.2, -0.15) is 0 Å². The third-order valence-corrected chi connectivity index (χ3v) is 3.10. The molecule has 1 aromatic heterocycles. The fourth-order valence-corrected chi connectivity index (χ4v) is 2.15. The van der Waals surface area contributed by atoms with Gasteiger partial charge in [-0.15, -0.1) is 0 Å². The highest BCUT2D eigenvalue weighted by molar-refractivity contribution is 5.90. The zero-order chi connectivity index (χ0) is 14.5. The van der Waals surface area contributed by atoms with Crippen molar-refractivity contribution in [3.8, 4) is 0 Å². The van der Waals surface area contributed by atoms with Gasteiger partial charge >= 0.3 is 5.97 Å². The number of furan rings is 1. The molecule has 2 rings (SSSR count). The molecule has 0 spiro atoms. The number of aryl methyl sites for hydroxylation is 1. The number of ether oxygens (including phenoxy) is 1. The van der Waals surface area contributed by atoms with E-state index in [0.717, 1.165) is 12.3 Å². The second-order valence-corrected chi connectivity index (χ2v) is 4.83. The number of benzene rings is 1. The second-order valence-electron chi connectivity index (χ2n) is 4.83. The molecular weight excluding hydrogens is 254 g/mol. The lowest BCUT2D eigenvalue weighted by atomic mass is 10.2. The van der Waals surface area contributed by atoms with Gasteiger partial charge in [0, 0.05) is 6.54 Å². The molecule has 0 fully saturated rings. The van der Waals surface area contributed by atoms with E-state index < -0.39 is 0 Å². The summed E-state index contributed by atoms with van der Waals surface area (Å²) in [4.78, 5) is 13.7. The van der Waals surface area contributed by atoms with Gasteiger partial charge in [0.2, 0.25) is 0 Å². The summed E-state index contributed by atoms with van der Waals surface area (Å²) in [6.07, 6.45) is 0. The summed E-state index contributed by atoms with van der Waals surface area (Å²) in [5, 5.41) is 0. The highest BCUT2D eigenvalue weighted by Crippen LogP contribution is 2.17. The average molecular weight is 273 g/mol. The number of nitrogens with zero attached hydrogens (tertiary/aromatic N) is 1. The van der Waals surface area contributed by atoms with Crippen LogP contribution in [-0.4, -0.2) is 25.0 Å². The van der Waals surface area contributed by atoms with Gasteiger partial charge in [0.1, 0.15) is 17.1 Å². The maximum atomic E-state index is 11.5. The first kappa shape index (κ1) is 14.3. The molecule has 0 aliphatic carbocycles. The minimum absolute atomic E-state index is 0.358. The van der Waals surface area contributed by atoms with Crippen LogP contribution in [0.2, 0.25) is 0 Å². The minimum atomic E-state index is -0.358. The normalized spacial score (nSPS) is 10.8. The van der Waals surface area contributed by atoms with E-state index in [1.54, 1.807) is 13.0 Å². The monoisotopic (exact) mass is 273 g/mol. The van der Waals surface area contributed by atoms with Crippen LogP contribution in [0, 0.1) is 6.92 Å². The van der Waals surface area contributed by atoms with Crippen molar-refractivity contribution in [3.63, 3.8) is 0 Å². The van der Waals surface area contributed by atoms with Crippen LogP contribution in [0.25, 0.3) is 0 Å². The lowest BCUT2D eigenvalue weighted by Gasteiger charge is -2.14. The van der Waals surface area contributed by atoms with E-state index in [-0.39, 0.29) is 5.97 Å². The second kappa shape index (κ2) is 6.39. The summed E-state index contributed by atoms with van der Waals surface area (Å²) in [5.74, 6) is 1.00. The Morgan fingerprint density at radius 2 is 1.95 bits per heavy atom. The molecule has 0 amide bonds. The van der Waals surface area contributed by atoms with Crippen molar-refractivity contribution in [2.45, 2.75) is 20.0 Å². The molecule has 0 bridgehead atoms. The summed E-state index contributed by atoms with van der Waals surface area (Å²) in [5.41, 5.74) is 1.74. The van der Waals surface area contributed by atoms with E-state index in [2.05, 4.69) is 17.0 Å². The molecule has 0 saturated carbocycles. The van der Waals surface area contributed by atoms with Gasteiger partial charge < -0.3 is 9.15 Å². The van der Waals surface area contributed by atoms with E-state index in [0.29, 0.717) is 17.9 Å². The zero-order valence-corrected chi connectivity index (χ0v) is 12.1. The van der Waals surface area contributed by atoms with Gasteiger partial charge in [0.25, 0.3) is 0 Å². The van der Waals surface area contributed by atoms with Crippen molar-refractivity contribution in [3.05, 3.63) is 59.0 Å². The van der Waals surface area contributed by atoms with Crippen molar-refractivity contribution in [2.24, 2.45) is 0 Å². The predicted molar refractivity (Wildman–Crippen MR) is 76.4 cm³/mol. The summed E-state index contributed by atoms with van der Waals surface area (Å²) >= 11 is 0. The van der Waals surface area contributed by atoms with Gasteiger partial charge in [-0.05, 0) is 25.6 Å². The van der Waals surface area contributed by atoms with E-state index in [4.69, 9.17) is 9.15 Å². The molecule has 20 heavy (non-hydrogen) atoms. The molecule has 0 radical (unpaired) electrons. The Kier molecular flexibility index (Phi) is 4.58. The quantitative estimate of drug-likeness (QED) is 0.785. The number of esters is 1. The van der Waals surface area contributed by atoms with Gasteiger partial charge in [-0.25, -0.2) is 4.79 Å². The van der Waals surface area contributed by atoms with Crippen molar-refractivity contribution >= 4 is 5.97 Å². The third-order valence-electron chi connectivity index (χ3n) is 3.10. The molecule has 0 aliphatic rings. The lowest BCUT2D eigenvalue weighted by Crippen LogP contribution is -2.16. The van der Waals surface area contributed by atoms with Crippen LogP contribution in [0.3, 0.4) is 0 Å². The molecule has 1 heterocycles. The molecule has 0 aliphatic heterocycles. The number of hydrogen-bond acceptors (Lipinski definition) is 4. The van der Waals surface area contributed by atoms with Gasteiger partial charge in [0.05, 0.1) is 13.7 Å². The van der Waals surface area contributed by atoms with Crippen LogP contribution in [0.4, 0.5) is 0 Å². The maximum absolute atomic E-state index is 11.5. The Morgan fingerprint density at radius 1 is 1.25 bits per heavy atom. The molecular formula is C16H19NO3.